The van der Waals surface area contributed by atoms with E-state index in [9.17, 15) is 5.11 Å². The monoisotopic (exact) mass is 241 g/mol. The van der Waals surface area contributed by atoms with Gasteiger partial charge in [0.1, 0.15) is 0 Å². The Kier molecular flexibility index (Phi) is 5.66. The molecule has 0 saturated heterocycles. The maximum absolute atomic E-state index is 9.62. The maximum atomic E-state index is 9.62. The molecule has 3 N–H and O–H groups in total. The van der Waals surface area contributed by atoms with Crippen LogP contribution in [0.2, 0.25) is 0 Å². The fourth-order valence-corrected chi connectivity index (χ4v) is 2.24. The number of aryl methyl sites for hydroxylation is 1. The summed E-state index contributed by atoms with van der Waals surface area (Å²) >= 11 is 1.63. The minimum atomic E-state index is -0.415. The van der Waals surface area contributed by atoms with Gasteiger partial charge in [-0.25, -0.2) is 0 Å². The second-order valence-electron chi connectivity index (χ2n) is 3.65. The van der Waals surface area contributed by atoms with Gasteiger partial charge in [-0.2, -0.15) is 0 Å². The standard InChI is InChI=1S/C12H19NO2S/c1-3-15-7-11(14)8-16-12-5-4-10(13)6-9(12)2/h4-6,11,14H,3,7-8,13H2,1-2H3. The number of aliphatic hydroxyl groups is 1. The largest absolute Gasteiger partial charge is 0.399 e. The Labute approximate surface area is 101 Å². The van der Waals surface area contributed by atoms with Gasteiger partial charge in [0.25, 0.3) is 0 Å². The van der Waals surface area contributed by atoms with E-state index in [1.165, 1.54) is 0 Å². The molecule has 1 rings (SSSR count). The van der Waals surface area contributed by atoms with Crippen LogP contribution in [0.1, 0.15) is 12.5 Å². The second-order valence-corrected chi connectivity index (χ2v) is 4.71. The van der Waals surface area contributed by atoms with Gasteiger partial charge in [0.2, 0.25) is 0 Å². The van der Waals surface area contributed by atoms with Gasteiger partial charge in [-0.3, -0.25) is 0 Å². The zero-order chi connectivity index (χ0) is 12.0. The molecule has 0 heterocycles. The van der Waals surface area contributed by atoms with Gasteiger partial charge in [-0.1, -0.05) is 0 Å². The van der Waals surface area contributed by atoms with Crippen LogP contribution in [0.25, 0.3) is 0 Å². The van der Waals surface area contributed by atoms with Crippen LogP contribution < -0.4 is 5.73 Å². The number of benzene rings is 1. The first kappa shape index (κ1) is 13.4. The number of thioether (sulfide) groups is 1. The van der Waals surface area contributed by atoms with Gasteiger partial charge in [0, 0.05) is 22.9 Å². The lowest BCUT2D eigenvalue weighted by Gasteiger charge is -2.11. The summed E-state index contributed by atoms with van der Waals surface area (Å²) in [5, 5.41) is 9.62. The van der Waals surface area contributed by atoms with Crippen LogP contribution in [0.15, 0.2) is 23.1 Å². The lowest BCUT2D eigenvalue weighted by atomic mass is 10.2. The molecule has 0 bridgehead atoms. The van der Waals surface area contributed by atoms with E-state index in [4.69, 9.17) is 10.5 Å². The summed E-state index contributed by atoms with van der Waals surface area (Å²) in [5.74, 6) is 0.644. The summed E-state index contributed by atoms with van der Waals surface area (Å²) in [6, 6.07) is 5.81. The molecule has 0 aliphatic heterocycles. The third-order valence-corrected chi connectivity index (χ3v) is 3.47. The molecular weight excluding hydrogens is 222 g/mol. The third kappa shape index (κ3) is 4.43. The van der Waals surface area contributed by atoms with Crippen molar-refractivity contribution >= 4 is 17.4 Å². The molecule has 1 aromatic carbocycles. The molecule has 4 heteroatoms. The van der Waals surface area contributed by atoms with Crippen LogP contribution in [0.5, 0.6) is 0 Å². The van der Waals surface area contributed by atoms with Crippen LogP contribution in [-0.4, -0.2) is 30.2 Å². The Bertz CT molecular complexity index is 331. The molecule has 0 aliphatic carbocycles. The molecule has 0 aliphatic rings. The van der Waals surface area contributed by atoms with Gasteiger partial charge >= 0.3 is 0 Å². The molecule has 0 amide bonds. The van der Waals surface area contributed by atoms with Crippen molar-refractivity contribution in [3.8, 4) is 0 Å². The number of anilines is 1. The van der Waals surface area contributed by atoms with Crippen molar-refractivity contribution in [2.75, 3.05) is 24.7 Å². The minimum Gasteiger partial charge on any atom is -0.399 e. The minimum absolute atomic E-state index is 0.400. The second kappa shape index (κ2) is 6.78. The normalized spacial score (nSPS) is 12.7. The molecule has 1 atom stereocenters. The van der Waals surface area contributed by atoms with E-state index >= 15 is 0 Å². The fourth-order valence-electron chi connectivity index (χ4n) is 1.32. The highest BCUT2D eigenvalue weighted by molar-refractivity contribution is 7.99. The first-order chi connectivity index (χ1) is 7.63. The van der Waals surface area contributed by atoms with E-state index in [0.717, 1.165) is 16.1 Å². The van der Waals surface area contributed by atoms with E-state index < -0.39 is 6.10 Å². The molecule has 1 aromatic rings. The average Bonchev–Trinajstić information content (AvgIpc) is 2.25. The highest BCUT2D eigenvalue weighted by atomic mass is 32.2. The topological polar surface area (TPSA) is 55.5 Å². The third-order valence-electron chi connectivity index (χ3n) is 2.14. The SMILES string of the molecule is CCOCC(O)CSc1ccc(N)cc1C. The number of aliphatic hydroxyl groups excluding tert-OH is 1. The van der Waals surface area contributed by atoms with Crippen molar-refractivity contribution in [1.82, 2.24) is 0 Å². The molecule has 0 aromatic heterocycles. The Balaban J connectivity index is 2.42. The smallest absolute Gasteiger partial charge is 0.0867 e. The lowest BCUT2D eigenvalue weighted by Crippen LogP contribution is -2.17. The summed E-state index contributed by atoms with van der Waals surface area (Å²) in [5.41, 5.74) is 7.59. The van der Waals surface area contributed by atoms with E-state index in [-0.39, 0.29) is 0 Å². The number of ether oxygens (including phenoxy) is 1. The van der Waals surface area contributed by atoms with Crippen LogP contribution >= 0.6 is 11.8 Å². The van der Waals surface area contributed by atoms with Crippen molar-refractivity contribution in [2.24, 2.45) is 0 Å². The summed E-state index contributed by atoms with van der Waals surface area (Å²) in [4.78, 5) is 1.16. The summed E-state index contributed by atoms with van der Waals surface area (Å²) in [7, 11) is 0. The first-order valence-corrected chi connectivity index (χ1v) is 6.36. The average molecular weight is 241 g/mol. The fraction of sp³-hybridized carbons (Fsp3) is 0.500. The van der Waals surface area contributed by atoms with E-state index in [2.05, 4.69) is 0 Å². The molecule has 0 saturated carbocycles. The van der Waals surface area contributed by atoms with Crippen LogP contribution in [-0.2, 0) is 4.74 Å². The maximum Gasteiger partial charge on any atom is 0.0867 e. The van der Waals surface area contributed by atoms with Gasteiger partial charge < -0.3 is 15.6 Å². The molecule has 16 heavy (non-hydrogen) atoms. The zero-order valence-electron chi connectivity index (χ0n) is 9.77. The molecular formula is C12H19NO2S. The number of nitrogens with two attached hydrogens (primary N) is 1. The number of hydrogen-bond acceptors (Lipinski definition) is 4. The van der Waals surface area contributed by atoms with Crippen LogP contribution in [0, 0.1) is 6.92 Å². The van der Waals surface area contributed by atoms with Crippen molar-refractivity contribution in [2.45, 2.75) is 24.8 Å². The number of hydrogen-bond donors (Lipinski definition) is 2. The molecule has 3 nitrogen and oxygen atoms in total. The summed E-state index contributed by atoms with van der Waals surface area (Å²) in [6.45, 7) is 4.98. The molecule has 0 radical (unpaired) electrons. The van der Waals surface area contributed by atoms with E-state index in [1.807, 2.05) is 32.0 Å². The highest BCUT2D eigenvalue weighted by Gasteiger charge is 2.06. The van der Waals surface area contributed by atoms with Crippen molar-refractivity contribution < 1.29 is 9.84 Å². The van der Waals surface area contributed by atoms with Crippen molar-refractivity contribution in [1.29, 1.82) is 0 Å². The predicted molar refractivity (Wildman–Crippen MR) is 68.8 cm³/mol. The van der Waals surface area contributed by atoms with Gasteiger partial charge in [-0.15, -0.1) is 11.8 Å². The Morgan fingerprint density at radius 1 is 1.50 bits per heavy atom. The zero-order valence-corrected chi connectivity index (χ0v) is 10.6. The van der Waals surface area contributed by atoms with Crippen LogP contribution in [0.3, 0.4) is 0 Å². The molecule has 1 unspecified atom stereocenters. The van der Waals surface area contributed by atoms with Crippen LogP contribution in [0.4, 0.5) is 5.69 Å². The Morgan fingerprint density at radius 3 is 2.88 bits per heavy atom. The Morgan fingerprint density at radius 2 is 2.25 bits per heavy atom. The quantitative estimate of drug-likeness (QED) is 0.591. The lowest BCUT2D eigenvalue weighted by molar-refractivity contribution is 0.0551. The molecule has 90 valence electrons. The van der Waals surface area contributed by atoms with Gasteiger partial charge in [0.15, 0.2) is 0 Å². The number of rotatable bonds is 6. The highest BCUT2D eigenvalue weighted by Crippen LogP contribution is 2.24. The summed E-state index contributed by atoms with van der Waals surface area (Å²) < 4.78 is 5.15. The molecule has 0 fully saturated rings. The van der Waals surface area contributed by atoms with Crippen molar-refractivity contribution in [3.63, 3.8) is 0 Å². The molecule has 0 spiro atoms. The van der Waals surface area contributed by atoms with Gasteiger partial charge in [-0.05, 0) is 37.6 Å². The number of nitrogen functional groups attached to an aromatic ring is 1. The Hall–Kier alpha value is -0.710. The van der Waals surface area contributed by atoms with E-state index in [0.29, 0.717) is 19.0 Å². The summed E-state index contributed by atoms with van der Waals surface area (Å²) in [6.07, 6.45) is -0.415. The van der Waals surface area contributed by atoms with Gasteiger partial charge in [0.05, 0.1) is 12.7 Å². The first-order valence-electron chi connectivity index (χ1n) is 5.38. The predicted octanol–water partition coefficient (Wildman–Crippen LogP) is 2.07. The van der Waals surface area contributed by atoms with Crippen molar-refractivity contribution in [3.05, 3.63) is 23.8 Å². The van der Waals surface area contributed by atoms with E-state index in [1.54, 1.807) is 11.8 Å².